The molecule has 1 aromatic carbocycles. The molecule has 9 heteroatoms. The second-order valence-corrected chi connectivity index (χ2v) is 10.4. The molecule has 37 heavy (non-hydrogen) atoms. The van der Waals surface area contributed by atoms with Crippen LogP contribution in [0.3, 0.4) is 0 Å². The molecule has 3 aliphatic rings. The normalized spacial score (nSPS) is 24.0. The van der Waals surface area contributed by atoms with Crippen molar-refractivity contribution in [2.24, 2.45) is 5.92 Å². The maximum Gasteiger partial charge on any atom is 0.327 e. The van der Waals surface area contributed by atoms with Gasteiger partial charge in [0, 0.05) is 31.9 Å². The number of hydrogen-bond donors (Lipinski definition) is 4. The van der Waals surface area contributed by atoms with Crippen molar-refractivity contribution in [2.75, 3.05) is 42.9 Å². The molecule has 3 heterocycles. The number of hydrogen-bond acceptors (Lipinski definition) is 6. The van der Waals surface area contributed by atoms with E-state index in [4.69, 9.17) is 0 Å². The number of benzene rings is 1. The molecule has 0 spiro atoms. The van der Waals surface area contributed by atoms with Crippen LogP contribution in [0, 0.1) is 5.92 Å². The van der Waals surface area contributed by atoms with Crippen LogP contribution in [0.4, 0.5) is 22.0 Å². The number of carbonyl (C=O) groups excluding carboxylic acids is 2. The molecule has 198 valence electrons. The van der Waals surface area contributed by atoms with Crippen molar-refractivity contribution in [1.82, 2.24) is 20.5 Å². The van der Waals surface area contributed by atoms with Gasteiger partial charge in [0.15, 0.2) is 5.82 Å². The molecule has 1 atom stereocenters. The van der Waals surface area contributed by atoms with Gasteiger partial charge in [0.25, 0.3) is 5.91 Å². The van der Waals surface area contributed by atoms with Crippen molar-refractivity contribution in [3.8, 4) is 0 Å². The predicted octanol–water partition coefficient (Wildman–Crippen LogP) is 3.49. The summed E-state index contributed by atoms with van der Waals surface area (Å²) in [6.45, 7) is 4.29. The number of pyridine rings is 1. The number of aromatic nitrogens is 1. The van der Waals surface area contributed by atoms with Crippen LogP contribution < -0.4 is 20.9 Å². The number of carbonyl (C=O) groups is 2. The molecule has 0 bridgehead atoms. The fourth-order valence-corrected chi connectivity index (χ4v) is 5.82. The number of para-hydroxylation sites is 1. The fraction of sp³-hybridized carbons (Fsp3) is 0.536. The average Bonchev–Trinajstić information content (AvgIpc) is 3.04. The Morgan fingerprint density at radius 3 is 2.76 bits per heavy atom. The van der Waals surface area contributed by atoms with E-state index >= 15 is 0 Å². The lowest BCUT2D eigenvalue weighted by Crippen LogP contribution is -2.49. The predicted molar refractivity (Wildman–Crippen MR) is 144 cm³/mol. The summed E-state index contributed by atoms with van der Waals surface area (Å²) < 4.78 is 0. The Morgan fingerprint density at radius 2 is 1.89 bits per heavy atom. The third-order valence-corrected chi connectivity index (χ3v) is 7.89. The molecule has 2 aromatic rings. The van der Waals surface area contributed by atoms with Crippen LogP contribution in [0.15, 0.2) is 42.6 Å². The summed E-state index contributed by atoms with van der Waals surface area (Å²) in [5.74, 6) is 0.816. The van der Waals surface area contributed by atoms with Gasteiger partial charge < -0.3 is 21.1 Å². The molecule has 5 rings (SSSR count). The molecule has 1 saturated carbocycles. The number of rotatable bonds is 7. The molecule has 1 aliphatic carbocycles. The third-order valence-electron chi connectivity index (χ3n) is 7.89. The van der Waals surface area contributed by atoms with Crippen LogP contribution in [0.25, 0.3) is 0 Å². The van der Waals surface area contributed by atoms with Crippen LogP contribution in [0.1, 0.15) is 55.3 Å². The monoisotopic (exact) mass is 506 g/mol. The topological polar surface area (TPSA) is 110 Å². The first-order valence-corrected chi connectivity index (χ1v) is 13.7. The van der Waals surface area contributed by atoms with Gasteiger partial charge in [-0.15, -0.1) is 0 Å². The Hall–Kier alpha value is -3.01. The fourth-order valence-electron chi connectivity index (χ4n) is 5.82. The second kappa shape index (κ2) is 12.0. The number of aliphatic hydroxyl groups excluding tert-OH is 1. The summed E-state index contributed by atoms with van der Waals surface area (Å²) in [4.78, 5) is 34.6. The van der Waals surface area contributed by atoms with E-state index in [-0.39, 0.29) is 18.0 Å². The summed E-state index contributed by atoms with van der Waals surface area (Å²) in [5.41, 5.74) is 1.46. The van der Waals surface area contributed by atoms with E-state index in [0.717, 1.165) is 58.3 Å². The zero-order chi connectivity index (χ0) is 25.6. The Balaban J connectivity index is 1.18. The molecule has 2 fully saturated rings. The number of aliphatic hydroxyl groups is 1. The minimum atomic E-state index is -0.296. The van der Waals surface area contributed by atoms with Crippen LogP contribution >= 0.6 is 0 Å². The first-order valence-electron chi connectivity index (χ1n) is 13.7. The number of anilines is 3. The molecular weight excluding hydrogens is 468 g/mol. The smallest absolute Gasteiger partial charge is 0.327 e. The molecule has 0 radical (unpaired) electrons. The van der Waals surface area contributed by atoms with Crippen molar-refractivity contribution >= 4 is 29.1 Å². The lowest BCUT2D eigenvalue weighted by atomic mass is 9.87. The number of nitrogens with one attached hydrogen (secondary N) is 3. The van der Waals surface area contributed by atoms with Gasteiger partial charge in [-0.25, -0.2) is 14.7 Å². The molecule has 3 amide bonds. The summed E-state index contributed by atoms with van der Waals surface area (Å²) in [7, 11) is 0. The Labute approximate surface area is 218 Å². The standard InChI is InChI=1S/C28H38N6O3/c35-22-12-10-20(11-13-22)18-29-19-21-6-3-4-16-33(21)17-15-31-28(37)34-25-9-2-1-7-23(25)27(36)32-24-8-5-14-30-26(24)34/h1-2,5,7-9,14,20-22,29,35H,3-4,6,10-13,15-19H2,(H,31,37)(H,32,36). The molecule has 1 saturated heterocycles. The highest BCUT2D eigenvalue weighted by Gasteiger charge is 2.30. The summed E-state index contributed by atoms with van der Waals surface area (Å²) >= 11 is 0. The van der Waals surface area contributed by atoms with Gasteiger partial charge in [0.05, 0.1) is 23.0 Å². The number of nitrogens with zero attached hydrogens (tertiary/aromatic N) is 3. The highest BCUT2D eigenvalue weighted by Crippen LogP contribution is 2.36. The minimum Gasteiger partial charge on any atom is -0.393 e. The first kappa shape index (κ1) is 25.6. The summed E-state index contributed by atoms with van der Waals surface area (Å²) in [6, 6.07) is 10.8. The molecular formula is C28H38N6O3. The quantitative estimate of drug-likeness (QED) is 0.458. The SMILES string of the molecule is O=C1Nc2cccnc2N(C(=O)NCCN2CCCCC2CNCC2CCC(O)CC2)c2ccccc21. The molecule has 1 aromatic heterocycles. The number of urea groups is 1. The highest BCUT2D eigenvalue weighted by atomic mass is 16.3. The number of amides is 3. The Bertz CT molecular complexity index is 1090. The van der Waals surface area contributed by atoms with Gasteiger partial charge in [-0.3, -0.25) is 9.69 Å². The van der Waals surface area contributed by atoms with Crippen molar-refractivity contribution in [2.45, 2.75) is 57.1 Å². The Morgan fingerprint density at radius 1 is 1.05 bits per heavy atom. The van der Waals surface area contributed by atoms with Crippen LogP contribution in [-0.2, 0) is 0 Å². The summed E-state index contributed by atoms with van der Waals surface area (Å²) in [6.07, 6.45) is 9.15. The van der Waals surface area contributed by atoms with Gasteiger partial charge in [-0.2, -0.15) is 0 Å². The molecule has 2 aliphatic heterocycles. The van der Waals surface area contributed by atoms with Gasteiger partial charge in [-0.05, 0) is 81.8 Å². The molecule has 4 N–H and O–H groups in total. The van der Waals surface area contributed by atoms with E-state index in [1.165, 1.54) is 17.7 Å². The number of likely N-dealkylation sites (tertiary alicyclic amines) is 1. The van der Waals surface area contributed by atoms with Crippen molar-refractivity contribution in [1.29, 1.82) is 0 Å². The van der Waals surface area contributed by atoms with E-state index in [1.54, 1.807) is 36.5 Å². The van der Waals surface area contributed by atoms with Gasteiger partial charge >= 0.3 is 6.03 Å². The van der Waals surface area contributed by atoms with Crippen LogP contribution in [-0.4, -0.2) is 71.8 Å². The number of fused-ring (bicyclic) bond motifs is 2. The van der Waals surface area contributed by atoms with Crippen molar-refractivity contribution < 1.29 is 14.7 Å². The van der Waals surface area contributed by atoms with E-state index in [9.17, 15) is 14.7 Å². The van der Waals surface area contributed by atoms with Gasteiger partial charge in [0.1, 0.15) is 0 Å². The van der Waals surface area contributed by atoms with E-state index in [2.05, 4.69) is 25.8 Å². The second-order valence-electron chi connectivity index (χ2n) is 10.4. The zero-order valence-electron chi connectivity index (χ0n) is 21.4. The van der Waals surface area contributed by atoms with Gasteiger partial charge in [-0.1, -0.05) is 18.6 Å². The Kier molecular flexibility index (Phi) is 8.33. The zero-order valence-corrected chi connectivity index (χ0v) is 21.4. The molecule has 1 unspecified atom stereocenters. The largest absolute Gasteiger partial charge is 0.393 e. The minimum absolute atomic E-state index is 0.107. The maximum absolute atomic E-state index is 13.5. The lowest BCUT2D eigenvalue weighted by Gasteiger charge is -2.36. The third kappa shape index (κ3) is 6.11. The van der Waals surface area contributed by atoms with E-state index in [0.29, 0.717) is 41.3 Å². The van der Waals surface area contributed by atoms with Crippen LogP contribution in [0.5, 0.6) is 0 Å². The van der Waals surface area contributed by atoms with E-state index in [1.807, 2.05) is 6.07 Å². The number of piperidine rings is 1. The molecule has 9 nitrogen and oxygen atoms in total. The lowest BCUT2D eigenvalue weighted by molar-refractivity contribution is 0.102. The average molecular weight is 507 g/mol. The van der Waals surface area contributed by atoms with E-state index < -0.39 is 0 Å². The summed E-state index contributed by atoms with van der Waals surface area (Å²) in [5, 5.41) is 19.4. The maximum atomic E-state index is 13.5. The van der Waals surface area contributed by atoms with Crippen LogP contribution in [0.2, 0.25) is 0 Å². The van der Waals surface area contributed by atoms with Crippen molar-refractivity contribution in [3.63, 3.8) is 0 Å². The first-order chi connectivity index (χ1) is 18.1. The van der Waals surface area contributed by atoms with Crippen molar-refractivity contribution in [3.05, 3.63) is 48.2 Å². The highest BCUT2D eigenvalue weighted by molar-refractivity contribution is 6.16. The van der Waals surface area contributed by atoms with Gasteiger partial charge in [0.2, 0.25) is 0 Å².